The van der Waals surface area contributed by atoms with Gasteiger partial charge in [-0.25, -0.2) is 4.98 Å². The summed E-state index contributed by atoms with van der Waals surface area (Å²) in [4.78, 5) is 30.5. The molecule has 2 atom stereocenters. The Morgan fingerprint density at radius 2 is 1.87 bits per heavy atom. The Labute approximate surface area is 175 Å². The molecule has 0 saturated carbocycles. The summed E-state index contributed by atoms with van der Waals surface area (Å²) < 4.78 is 5.77. The largest absolute Gasteiger partial charge is 0.367 e. The Hall–Kier alpha value is -3.06. The second-order valence-electron chi connectivity index (χ2n) is 8.12. The fourth-order valence-electron chi connectivity index (χ4n) is 4.60. The third-order valence-corrected chi connectivity index (χ3v) is 6.06. The van der Waals surface area contributed by atoms with Crippen molar-refractivity contribution < 1.29 is 9.53 Å². The summed E-state index contributed by atoms with van der Waals surface area (Å²) in [6.45, 7) is 3.94. The first-order chi connectivity index (χ1) is 14.7. The molecular weight excluding hydrogens is 378 g/mol. The fourth-order valence-corrected chi connectivity index (χ4v) is 4.60. The van der Waals surface area contributed by atoms with Crippen molar-refractivity contribution in [2.24, 2.45) is 0 Å². The molecule has 0 aliphatic carbocycles. The quantitative estimate of drug-likeness (QED) is 0.652. The molecule has 2 unspecified atom stereocenters. The zero-order valence-electron chi connectivity index (χ0n) is 17.1. The summed E-state index contributed by atoms with van der Waals surface area (Å²) >= 11 is 0. The molecular formula is C23H25N5O2. The Kier molecular flexibility index (Phi) is 5.04. The van der Waals surface area contributed by atoms with Gasteiger partial charge >= 0.3 is 0 Å². The van der Waals surface area contributed by atoms with E-state index in [2.05, 4.69) is 32.0 Å². The average molecular weight is 403 g/mol. The first kappa shape index (κ1) is 18.9. The molecule has 2 bridgehead atoms. The van der Waals surface area contributed by atoms with Crippen LogP contribution in [0.3, 0.4) is 0 Å². The summed E-state index contributed by atoms with van der Waals surface area (Å²) in [5, 5.41) is 0. The average Bonchev–Trinajstić information content (AvgIpc) is 3.03. The summed E-state index contributed by atoms with van der Waals surface area (Å²) in [7, 11) is 0. The van der Waals surface area contributed by atoms with E-state index in [1.54, 1.807) is 12.4 Å². The SMILES string of the molecule is Cc1ccc(N2C3CCC2CN(C(=O)COCc2cccc4nccnc24)C3)nc1. The number of rotatable bonds is 5. The maximum atomic E-state index is 12.8. The number of anilines is 1. The second-order valence-corrected chi connectivity index (χ2v) is 8.12. The molecule has 4 heterocycles. The second kappa shape index (κ2) is 7.99. The number of nitrogens with zero attached hydrogens (tertiary/aromatic N) is 5. The van der Waals surface area contributed by atoms with E-state index in [0.29, 0.717) is 18.7 Å². The number of ether oxygens (including phenoxy) is 1. The van der Waals surface area contributed by atoms with Crippen LogP contribution in [0.5, 0.6) is 0 Å². The molecule has 1 aromatic carbocycles. The van der Waals surface area contributed by atoms with E-state index in [-0.39, 0.29) is 12.5 Å². The number of pyridine rings is 1. The highest BCUT2D eigenvalue weighted by Crippen LogP contribution is 2.33. The number of para-hydroxylation sites is 1. The lowest BCUT2D eigenvalue weighted by Gasteiger charge is -2.41. The number of aromatic nitrogens is 3. The van der Waals surface area contributed by atoms with E-state index in [9.17, 15) is 4.79 Å². The predicted molar refractivity (Wildman–Crippen MR) is 114 cm³/mol. The number of hydrogen-bond acceptors (Lipinski definition) is 6. The van der Waals surface area contributed by atoms with Crippen molar-refractivity contribution in [3.05, 3.63) is 60.0 Å². The number of aryl methyl sites for hydroxylation is 1. The van der Waals surface area contributed by atoms with Gasteiger partial charge in [0.2, 0.25) is 5.91 Å². The minimum Gasteiger partial charge on any atom is -0.367 e. The molecule has 7 nitrogen and oxygen atoms in total. The third-order valence-electron chi connectivity index (χ3n) is 6.06. The van der Waals surface area contributed by atoms with E-state index < -0.39 is 0 Å². The highest BCUT2D eigenvalue weighted by Gasteiger charge is 2.41. The summed E-state index contributed by atoms with van der Waals surface area (Å²) in [5.74, 6) is 1.07. The van der Waals surface area contributed by atoms with Gasteiger partial charge < -0.3 is 14.5 Å². The maximum absolute atomic E-state index is 12.8. The molecule has 7 heteroatoms. The Balaban J connectivity index is 1.19. The van der Waals surface area contributed by atoms with E-state index in [1.165, 1.54) is 0 Å². The highest BCUT2D eigenvalue weighted by molar-refractivity contribution is 5.79. The van der Waals surface area contributed by atoms with Gasteiger partial charge in [-0.15, -0.1) is 0 Å². The fraction of sp³-hybridized carbons (Fsp3) is 0.391. The molecule has 2 aromatic heterocycles. The van der Waals surface area contributed by atoms with Gasteiger partial charge in [0.1, 0.15) is 12.4 Å². The molecule has 30 heavy (non-hydrogen) atoms. The monoisotopic (exact) mass is 403 g/mol. The smallest absolute Gasteiger partial charge is 0.248 e. The Bertz CT molecular complexity index is 1040. The molecule has 2 fully saturated rings. The zero-order valence-corrected chi connectivity index (χ0v) is 17.1. The van der Waals surface area contributed by atoms with Crippen LogP contribution in [0, 0.1) is 6.92 Å². The van der Waals surface area contributed by atoms with E-state index in [0.717, 1.165) is 53.9 Å². The number of carbonyl (C=O) groups is 1. The number of carbonyl (C=O) groups excluding carboxylic acids is 1. The van der Waals surface area contributed by atoms with Crippen molar-refractivity contribution in [1.82, 2.24) is 19.9 Å². The Morgan fingerprint density at radius 1 is 1.07 bits per heavy atom. The van der Waals surface area contributed by atoms with Crippen LogP contribution >= 0.6 is 0 Å². The number of likely N-dealkylation sites (tertiary alicyclic amines) is 1. The van der Waals surface area contributed by atoms with Crippen LogP contribution in [0.2, 0.25) is 0 Å². The van der Waals surface area contributed by atoms with Crippen molar-refractivity contribution in [3.63, 3.8) is 0 Å². The molecule has 0 spiro atoms. The Morgan fingerprint density at radius 3 is 2.63 bits per heavy atom. The van der Waals surface area contributed by atoms with E-state index in [1.807, 2.05) is 36.2 Å². The van der Waals surface area contributed by atoms with Crippen molar-refractivity contribution in [2.75, 3.05) is 24.6 Å². The van der Waals surface area contributed by atoms with Crippen LogP contribution in [0.25, 0.3) is 11.0 Å². The highest BCUT2D eigenvalue weighted by atomic mass is 16.5. The van der Waals surface area contributed by atoms with E-state index in [4.69, 9.17) is 4.74 Å². The van der Waals surface area contributed by atoms with Crippen LogP contribution in [0.15, 0.2) is 48.9 Å². The van der Waals surface area contributed by atoms with Crippen LogP contribution in [0.1, 0.15) is 24.0 Å². The third kappa shape index (κ3) is 3.61. The van der Waals surface area contributed by atoms with Crippen LogP contribution in [-0.2, 0) is 16.1 Å². The molecule has 5 rings (SSSR count). The van der Waals surface area contributed by atoms with Crippen LogP contribution in [0.4, 0.5) is 5.82 Å². The minimum absolute atomic E-state index is 0.0507. The molecule has 1 amide bonds. The van der Waals surface area contributed by atoms with Gasteiger partial charge in [0.25, 0.3) is 0 Å². The predicted octanol–water partition coefficient (Wildman–Crippen LogP) is 2.73. The molecule has 2 saturated heterocycles. The van der Waals surface area contributed by atoms with Crippen LogP contribution in [-0.4, -0.2) is 57.5 Å². The summed E-state index contributed by atoms with van der Waals surface area (Å²) in [5.41, 5.74) is 3.77. The standard InChI is InChI=1S/C23H25N5O2/c1-16-5-8-21(26-11-16)28-18-6-7-19(28)13-27(12-18)22(29)15-30-14-17-3-2-4-20-23(17)25-10-9-24-20/h2-5,8-11,18-19H,6-7,12-15H2,1H3. The normalized spacial score (nSPS) is 20.7. The van der Waals surface area contributed by atoms with Gasteiger partial charge in [0.05, 0.1) is 17.6 Å². The maximum Gasteiger partial charge on any atom is 0.248 e. The molecule has 2 aliphatic rings. The van der Waals surface area contributed by atoms with Gasteiger partial charge in [0.15, 0.2) is 0 Å². The van der Waals surface area contributed by atoms with E-state index >= 15 is 0 Å². The minimum atomic E-state index is 0.0507. The molecule has 2 aliphatic heterocycles. The van der Waals surface area contributed by atoms with Gasteiger partial charge in [-0.2, -0.15) is 0 Å². The molecule has 3 aromatic rings. The van der Waals surface area contributed by atoms with Crippen molar-refractivity contribution in [1.29, 1.82) is 0 Å². The first-order valence-corrected chi connectivity index (χ1v) is 10.4. The lowest BCUT2D eigenvalue weighted by atomic mass is 10.1. The van der Waals surface area contributed by atoms with Crippen molar-refractivity contribution >= 4 is 22.8 Å². The number of hydrogen-bond donors (Lipinski definition) is 0. The first-order valence-electron chi connectivity index (χ1n) is 10.4. The van der Waals surface area contributed by atoms with Crippen molar-refractivity contribution in [3.8, 4) is 0 Å². The van der Waals surface area contributed by atoms with Crippen molar-refractivity contribution in [2.45, 2.75) is 38.5 Å². The molecule has 0 N–H and O–H groups in total. The molecule has 0 radical (unpaired) electrons. The summed E-state index contributed by atoms with van der Waals surface area (Å²) in [6.07, 6.45) is 7.46. The van der Waals surface area contributed by atoms with Gasteiger partial charge in [-0.1, -0.05) is 18.2 Å². The number of piperazine rings is 1. The van der Waals surface area contributed by atoms with Gasteiger partial charge in [-0.3, -0.25) is 14.8 Å². The summed E-state index contributed by atoms with van der Waals surface area (Å²) in [6, 6.07) is 10.7. The molecule has 154 valence electrons. The van der Waals surface area contributed by atoms with Gasteiger partial charge in [0, 0.05) is 49.3 Å². The number of fused-ring (bicyclic) bond motifs is 3. The zero-order chi connectivity index (χ0) is 20.5. The number of benzene rings is 1. The lowest BCUT2D eigenvalue weighted by Crippen LogP contribution is -2.56. The van der Waals surface area contributed by atoms with Crippen LogP contribution < -0.4 is 4.90 Å². The number of amides is 1. The van der Waals surface area contributed by atoms with Gasteiger partial charge in [-0.05, 0) is 37.5 Å². The lowest BCUT2D eigenvalue weighted by molar-refractivity contribution is -0.137. The topological polar surface area (TPSA) is 71.5 Å².